The van der Waals surface area contributed by atoms with Gasteiger partial charge in [0.25, 0.3) is 0 Å². The van der Waals surface area contributed by atoms with Crippen LogP contribution in [0.5, 0.6) is 0 Å². The van der Waals surface area contributed by atoms with Crippen LogP contribution in [0.3, 0.4) is 0 Å². The number of nitrogens with zero attached hydrogens (tertiary/aromatic N) is 2. The second-order valence-electron chi connectivity index (χ2n) is 4.43. The molecule has 1 aromatic carbocycles. The molecule has 0 saturated carbocycles. The average molecular weight is 280 g/mol. The van der Waals surface area contributed by atoms with Gasteiger partial charge in [-0.05, 0) is 24.3 Å². The summed E-state index contributed by atoms with van der Waals surface area (Å²) in [5, 5.41) is 8.55. The number of ether oxygens (including phenoxy) is 1. The summed E-state index contributed by atoms with van der Waals surface area (Å²) in [6, 6.07) is 5.91. The Kier molecular flexibility index (Phi) is 3.08. The van der Waals surface area contributed by atoms with Gasteiger partial charge < -0.3 is 10.5 Å². The highest BCUT2D eigenvalue weighted by Crippen LogP contribution is 2.30. The Bertz CT molecular complexity index is 631. The van der Waals surface area contributed by atoms with Crippen molar-refractivity contribution in [2.45, 2.75) is 5.92 Å². The molecule has 6 heteroatoms. The quantitative estimate of drug-likeness (QED) is 0.918. The minimum Gasteiger partial charge on any atom is -0.397 e. The number of hydrogen-bond acceptors (Lipinski definition) is 4. The maximum Gasteiger partial charge on any atom is 0.132 e. The van der Waals surface area contributed by atoms with E-state index in [0.717, 1.165) is 0 Å². The summed E-state index contributed by atoms with van der Waals surface area (Å²) in [4.78, 5) is 0. The third-order valence-electron chi connectivity index (χ3n) is 3.08. The van der Waals surface area contributed by atoms with Crippen molar-refractivity contribution in [2.75, 3.05) is 18.9 Å². The molecule has 1 fully saturated rings. The standard InChI is InChI=1S/C13H11ClFN3O/c14-8-1-2-10(15)9(3-8)12-4-11(16)13(18-17-12)7-5-19-6-7/h1-4,7H,5-6H2,(H2,16,17). The van der Waals surface area contributed by atoms with E-state index in [1.54, 1.807) is 6.07 Å². The molecule has 0 spiro atoms. The Morgan fingerprint density at radius 1 is 1.26 bits per heavy atom. The molecule has 0 amide bonds. The summed E-state index contributed by atoms with van der Waals surface area (Å²) in [7, 11) is 0. The molecule has 2 heterocycles. The molecule has 98 valence electrons. The third kappa shape index (κ3) is 2.27. The van der Waals surface area contributed by atoms with Crippen molar-refractivity contribution >= 4 is 17.3 Å². The largest absolute Gasteiger partial charge is 0.397 e. The number of nitrogen functional groups attached to an aromatic ring is 1. The Morgan fingerprint density at radius 2 is 2.05 bits per heavy atom. The van der Waals surface area contributed by atoms with Crippen LogP contribution in [-0.4, -0.2) is 23.4 Å². The molecular weight excluding hydrogens is 269 g/mol. The van der Waals surface area contributed by atoms with Crippen LogP contribution in [0.4, 0.5) is 10.1 Å². The fourth-order valence-electron chi connectivity index (χ4n) is 1.95. The van der Waals surface area contributed by atoms with Crippen molar-refractivity contribution in [3.63, 3.8) is 0 Å². The van der Waals surface area contributed by atoms with Crippen LogP contribution in [-0.2, 0) is 4.74 Å². The number of anilines is 1. The van der Waals surface area contributed by atoms with Gasteiger partial charge in [0, 0.05) is 10.6 Å². The van der Waals surface area contributed by atoms with Crippen molar-refractivity contribution in [1.29, 1.82) is 0 Å². The summed E-state index contributed by atoms with van der Waals surface area (Å²) < 4.78 is 18.8. The van der Waals surface area contributed by atoms with E-state index in [-0.39, 0.29) is 5.92 Å². The van der Waals surface area contributed by atoms with Crippen LogP contribution in [0.25, 0.3) is 11.3 Å². The summed E-state index contributed by atoms with van der Waals surface area (Å²) in [6.07, 6.45) is 0. The number of benzene rings is 1. The van der Waals surface area contributed by atoms with Crippen LogP contribution in [0.15, 0.2) is 24.3 Å². The molecule has 3 rings (SSSR count). The second kappa shape index (κ2) is 4.75. The van der Waals surface area contributed by atoms with Crippen LogP contribution in [0.1, 0.15) is 11.6 Å². The summed E-state index contributed by atoms with van der Waals surface area (Å²) in [5.74, 6) is -0.219. The lowest BCUT2D eigenvalue weighted by molar-refractivity contribution is 0.00670. The normalized spacial score (nSPS) is 15.3. The Labute approximate surface area is 114 Å². The average Bonchev–Trinajstić information content (AvgIpc) is 2.32. The molecule has 0 aliphatic carbocycles. The lowest BCUT2D eigenvalue weighted by atomic mass is 10.0. The topological polar surface area (TPSA) is 61.0 Å². The maximum absolute atomic E-state index is 13.7. The molecule has 1 aliphatic rings. The SMILES string of the molecule is Nc1cc(-c2cc(Cl)ccc2F)nnc1C1COC1. The van der Waals surface area contributed by atoms with E-state index in [2.05, 4.69) is 10.2 Å². The van der Waals surface area contributed by atoms with E-state index in [1.807, 2.05) is 0 Å². The van der Waals surface area contributed by atoms with Gasteiger partial charge in [0.2, 0.25) is 0 Å². The van der Waals surface area contributed by atoms with Gasteiger partial charge in [0.15, 0.2) is 0 Å². The van der Waals surface area contributed by atoms with E-state index >= 15 is 0 Å². The maximum atomic E-state index is 13.7. The molecule has 1 saturated heterocycles. The van der Waals surface area contributed by atoms with E-state index in [9.17, 15) is 4.39 Å². The Hall–Kier alpha value is -1.72. The summed E-state index contributed by atoms with van der Waals surface area (Å²) in [5.41, 5.74) is 7.82. The fraction of sp³-hybridized carbons (Fsp3) is 0.231. The highest BCUT2D eigenvalue weighted by Gasteiger charge is 2.25. The minimum atomic E-state index is -0.405. The molecule has 2 aromatic rings. The highest BCUT2D eigenvalue weighted by molar-refractivity contribution is 6.30. The number of halogens is 2. The van der Waals surface area contributed by atoms with Gasteiger partial charge in [0.05, 0.1) is 36.2 Å². The van der Waals surface area contributed by atoms with Crippen molar-refractivity contribution in [1.82, 2.24) is 10.2 Å². The summed E-state index contributed by atoms with van der Waals surface area (Å²) >= 11 is 5.86. The predicted octanol–water partition coefficient (Wildman–Crippen LogP) is 2.63. The molecule has 2 N–H and O–H groups in total. The number of aromatic nitrogens is 2. The Balaban J connectivity index is 2.01. The molecule has 4 nitrogen and oxygen atoms in total. The van der Waals surface area contributed by atoms with E-state index in [1.165, 1.54) is 18.2 Å². The second-order valence-corrected chi connectivity index (χ2v) is 4.87. The summed E-state index contributed by atoms with van der Waals surface area (Å²) in [6.45, 7) is 1.20. The predicted molar refractivity (Wildman–Crippen MR) is 70.4 cm³/mol. The monoisotopic (exact) mass is 279 g/mol. The van der Waals surface area contributed by atoms with Crippen molar-refractivity contribution in [3.8, 4) is 11.3 Å². The molecule has 0 atom stereocenters. The first-order valence-electron chi connectivity index (χ1n) is 5.81. The number of hydrogen-bond donors (Lipinski definition) is 1. The van der Waals surface area contributed by atoms with Gasteiger partial charge >= 0.3 is 0 Å². The smallest absolute Gasteiger partial charge is 0.132 e. The van der Waals surface area contributed by atoms with Crippen molar-refractivity contribution < 1.29 is 9.13 Å². The van der Waals surface area contributed by atoms with E-state index < -0.39 is 5.82 Å². The first kappa shape index (κ1) is 12.3. The molecule has 0 unspecified atom stereocenters. The van der Waals surface area contributed by atoms with Crippen LogP contribution in [0.2, 0.25) is 5.02 Å². The van der Waals surface area contributed by atoms with Crippen molar-refractivity contribution in [3.05, 3.63) is 40.8 Å². The van der Waals surface area contributed by atoms with Crippen LogP contribution >= 0.6 is 11.6 Å². The first-order valence-corrected chi connectivity index (χ1v) is 6.19. The van der Waals surface area contributed by atoms with E-state index in [0.29, 0.717) is 40.9 Å². The van der Waals surface area contributed by atoms with Gasteiger partial charge in [-0.3, -0.25) is 0 Å². The molecule has 1 aliphatic heterocycles. The molecular formula is C13H11ClFN3O. The molecule has 0 radical (unpaired) electrons. The zero-order valence-corrected chi connectivity index (χ0v) is 10.7. The van der Waals surface area contributed by atoms with E-state index in [4.69, 9.17) is 22.1 Å². The van der Waals surface area contributed by atoms with Crippen molar-refractivity contribution in [2.24, 2.45) is 0 Å². The van der Waals surface area contributed by atoms with Gasteiger partial charge in [0.1, 0.15) is 5.82 Å². The zero-order valence-electron chi connectivity index (χ0n) is 9.94. The highest BCUT2D eigenvalue weighted by atomic mass is 35.5. The Morgan fingerprint density at radius 3 is 2.68 bits per heavy atom. The lowest BCUT2D eigenvalue weighted by Gasteiger charge is -2.25. The first-order chi connectivity index (χ1) is 9.15. The van der Waals surface area contributed by atoms with Crippen LogP contribution < -0.4 is 5.73 Å². The number of rotatable bonds is 2. The lowest BCUT2D eigenvalue weighted by Crippen LogP contribution is -2.27. The minimum absolute atomic E-state index is 0.186. The van der Waals surface area contributed by atoms with Gasteiger partial charge in [-0.1, -0.05) is 11.6 Å². The molecule has 1 aromatic heterocycles. The molecule has 0 bridgehead atoms. The fourth-order valence-corrected chi connectivity index (χ4v) is 2.12. The van der Waals surface area contributed by atoms with Crippen LogP contribution in [0, 0.1) is 5.82 Å². The molecule has 19 heavy (non-hydrogen) atoms. The van der Waals surface area contributed by atoms with Gasteiger partial charge in [-0.25, -0.2) is 4.39 Å². The van der Waals surface area contributed by atoms with Gasteiger partial charge in [-0.2, -0.15) is 5.10 Å². The third-order valence-corrected chi connectivity index (χ3v) is 3.32. The number of nitrogens with two attached hydrogens (primary N) is 1. The zero-order chi connectivity index (χ0) is 13.4. The van der Waals surface area contributed by atoms with Gasteiger partial charge in [-0.15, -0.1) is 5.10 Å².